The third-order valence-electron chi connectivity index (χ3n) is 8.94. The SMILES string of the molecule is CC[C@]12CCC3CC3=C1CC[C@@H]1[C@@H]2CC[C@]2(C)C(=O)CC[C@@H]12. The van der Waals surface area contributed by atoms with Gasteiger partial charge in [0.1, 0.15) is 5.78 Å². The van der Waals surface area contributed by atoms with Crippen molar-refractivity contribution in [2.24, 2.45) is 34.5 Å². The fraction of sp³-hybridized carbons (Fsp3) is 0.857. The van der Waals surface area contributed by atoms with Crippen LogP contribution < -0.4 is 0 Å². The number of Topliss-reactive ketones (excluding diaryl/α,β-unsaturated/α-hetero) is 1. The number of carbonyl (C=O) groups excluding carboxylic acids is 1. The lowest BCUT2D eigenvalue weighted by Crippen LogP contribution is -2.51. The molecule has 6 atom stereocenters. The smallest absolute Gasteiger partial charge is 0.139 e. The number of allylic oxidation sites excluding steroid dienone is 2. The molecule has 5 aliphatic carbocycles. The minimum absolute atomic E-state index is 0.0531. The Hall–Kier alpha value is -0.590. The molecule has 1 nitrogen and oxygen atoms in total. The van der Waals surface area contributed by atoms with Crippen LogP contribution in [-0.2, 0) is 4.79 Å². The van der Waals surface area contributed by atoms with Crippen LogP contribution in [0.3, 0.4) is 0 Å². The maximum atomic E-state index is 12.5. The molecule has 1 heteroatoms. The highest BCUT2D eigenvalue weighted by molar-refractivity contribution is 5.87. The topological polar surface area (TPSA) is 17.1 Å². The summed E-state index contributed by atoms with van der Waals surface area (Å²) in [5, 5.41) is 0. The molecule has 1 unspecified atom stereocenters. The fourth-order valence-electron chi connectivity index (χ4n) is 7.68. The van der Waals surface area contributed by atoms with Gasteiger partial charge >= 0.3 is 0 Å². The van der Waals surface area contributed by atoms with E-state index in [1.807, 2.05) is 11.1 Å². The number of hydrogen-bond acceptors (Lipinski definition) is 1. The average Bonchev–Trinajstić information content (AvgIpc) is 3.26. The van der Waals surface area contributed by atoms with Crippen LogP contribution in [0.2, 0.25) is 0 Å². The Kier molecular flexibility index (Phi) is 2.68. The molecule has 0 aromatic carbocycles. The quantitative estimate of drug-likeness (QED) is 0.600. The summed E-state index contributed by atoms with van der Waals surface area (Å²) >= 11 is 0. The number of carbonyl (C=O) groups is 1. The van der Waals surface area contributed by atoms with Gasteiger partial charge in [-0.1, -0.05) is 25.0 Å². The largest absolute Gasteiger partial charge is 0.299 e. The first-order chi connectivity index (χ1) is 10.6. The van der Waals surface area contributed by atoms with Gasteiger partial charge in [0.15, 0.2) is 0 Å². The first-order valence-corrected chi connectivity index (χ1v) is 9.86. The average molecular weight is 298 g/mol. The highest BCUT2D eigenvalue weighted by atomic mass is 16.1. The third kappa shape index (κ3) is 1.49. The second-order valence-corrected chi connectivity index (χ2v) is 9.29. The summed E-state index contributed by atoms with van der Waals surface area (Å²) in [7, 11) is 0. The Morgan fingerprint density at radius 1 is 1.05 bits per heavy atom. The predicted molar refractivity (Wildman–Crippen MR) is 88.4 cm³/mol. The van der Waals surface area contributed by atoms with E-state index in [4.69, 9.17) is 0 Å². The van der Waals surface area contributed by atoms with Crippen LogP contribution in [-0.4, -0.2) is 5.78 Å². The van der Waals surface area contributed by atoms with Crippen molar-refractivity contribution >= 4 is 5.78 Å². The molecule has 5 rings (SSSR count). The second-order valence-electron chi connectivity index (χ2n) is 9.29. The third-order valence-corrected chi connectivity index (χ3v) is 8.94. The van der Waals surface area contributed by atoms with Crippen molar-refractivity contribution < 1.29 is 4.79 Å². The van der Waals surface area contributed by atoms with Crippen molar-refractivity contribution in [1.82, 2.24) is 0 Å². The monoisotopic (exact) mass is 298 g/mol. The number of ketones is 1. The summed E-state index contributed by atoms with van der Waals surface area (Å²) in [6, 6.07) is 0. The van der Waals surface area contributed by atoms with Gasteiger partial charge in [0.05, 0.1) is 0 Å². The van der Waals surface area contributed by atoms with Crippen LogP contribution in [0.1, 0.15) is 78.1 Å². The molecule has 4 saturated carbocycles. The molecule has 0 radical (unpaired) electrons. The summed E-state index contributed by atoms with van der Waals surface area (Å²) in [6.07, 6.45) is 13.1. The van der Waals surface area contributed by atoms with Gasteiger partial charge in [-0.15, -0.1) is 0 Å². The Labute approximate surface area is 134 Å². The summed E-state index contributed by atoms with van der Waals surface area (Å²) < 4.78 is 0. The van der Waals surface area contributed by atoms with E-state index in [0.29, 0.717) is 17.1 Å². The summed E-state index contributed by atoms with van der Waals surface area (Å²) in [6.45, 7) is 4.77. The normalized spacial score (nSPS) is 52.7. The van der Waals surface area contributed by atoms with E-state index in [-0.39, 0.29) is 5.41 Å². The lowest BCUT2D eigenvalue weighted by molar-refractivity contribution is -0.132. The predicted octanol–water partition coefficient (Wildman–Crippen LogP) is 5.30. The zero-order valence-electron chi connectivity index (χ0n) is 14.3. The van der Waals surface area contributed by atoms with E-state index < -0.39 is 0 Å². The summed E-state index contributed by atoms with van der Waals surface area (Å²) in [4.78, 5) is 12.5. The molecule has 0 bridgehead atoms. The van der Waals surface area contributed by atoms with E-state index in [1.165, 1.54) is 57.8 Å². The number of hydrogen-bond donors (Lipinski definition) is 0. The first-order valence-electron chi connectivity index (χ1n) is 9.86. The van der Waals surface area contributed by atoms with E-state index in [2.05, 4.69) is 13.8 Å². The van der Waals surface area contributed by atoms with Crippen LogP contribution in [0.5, 0.6) is 0 Å². The number of fused-ring (bicyclic) bond motifs is 6. The van der Waals surface area contributed by atoms with Crippen LogP contribution in [0.25, 0.3) is 0 Å². The Morgan fingerprint density at radius 3 is 2.73 bits per heavy atom. The second kappa shape index (κ2) is 4.28. The summed E-state index contributed by atoms with van der Waals surface area (Å²) in [5.74, 6) is 4.06. The molecule has 0 aromatic heterocycles. The zero-order valence-corrected chi connectivity index (χ0v) is 14.3. The molecular weight excluding hydrogens is 268 g/mol. The van der Waals surface area contributed by atoms with Crippen LogP contribution in [0, 0.1) is 34.5 Å². The molecule has 0 aromatic rings. The highest BCUT2D eigenvalue weighted by Gasteiger charge is 2.61. The van der Waals surface area contributed by atoms with Crippen molar-refractivity contribution in [3.8, 4) is 0 Å². The van der Waals surface area contributed by atoms with Crippen molar-refractivity contribution in [3.63, 3.8) is 0 Å². The highest BCUT2D eigenvalue weighted by Crippen LogP contribution is 2.69. The van der Waals surface area contributed by atoms with Gasteiger partial charge < -0.3 is 0 Å². The minimum Gasteiger partial charge on any atom is -0.299 e. The minimum atomic E-state index is 0.0531. The van der Waals surface area contributed by atoms with Gasteiger partial charge in [-0.2, -0.15) is 0 Å². The van der Waals surface area contributed by atoms with Gasteiger partial charge in [-0.3, -0.25) is 4.79 Å². The molecule has 0 saturated heterocycles. The van der Waals surface area contributed by atoms with E-state index in [1.54, 1.807) is 0 Å². The van der Waals surface area contributed by atoms with Gasteiger partial charge in [0.25, 0.3) is 0 Å². The maximum absolute atomic E-state index is 12.5. The van der Waals surface area contributed by atoms with E-state index in [9.17, 15) is 4.79 Å². The van der Waals surface area contributed by atoms with Crippen molar-refractivity contribution in [2.45, 2.75) is 78.1 Å². The first kappa shape index (κ1) is 13.8. The van der Waals surface area contributed by atoms with Gasteiger partial charge in [-0.25, -0.2) is 0 Å². The lowest BCUT2D eigenvalue weighted by atomic mass is 9.46. The number of rotatable bonds is 1. The maximum Gasteiger partial charge on any atom is 0.139 e. The van der Waals surface area contributed by atoms with Crippen LogP contribution in [0.15, 0.2) is 11.1 Å². The molecule has 0 N–H and O–H groups in total. The molecule has 22 heavy (non-hydrogen) atoms. The van der Waals surface area contributed by atoms with Gasteiger partial charge in [-0.05, 0) is 86.9 Å². The molecule has 0 heterocycles. The van der Waals surface area contributed by atoms with Gasteiger partial charge in [0, 0.05) is 11.8 Å². The van der Waals surface area contributed by atoms with E-state index >= 15 is 0 Å². The molecule has 4 fully saturated rings. The molecule has 0 amide bonds. The molecule has 120 valence electrons. The van der Waals surface area contributed by atoms with Gasteiger partial charge in [0.2, 0.25) is 0 Å². The Morgan fingerprint density at radius 2 is 1.91 bits per heavy atom. The van der Waals surface area contributed by atoms with Crippen molar-refractivity contribution in [3.05, 3.63) is 11.1 Å². The molecule has 0 aliphatic heterocycles. The van der Waals surface area contributed by atoms with Crippen molar-refractivity contribution in [1.29, 1.82) is 0 Å². The molecule has 0 spiro atoms. The molecule has 5 aliphatic rings. The fourth-order valence-corrected chi connectivity index (χ4v) is 7.68. The van der Waals surface area contributed by atoms with Crippen LogP contribution in [0.4, 0.5) is 0 Å². The van der Waals surface area contributed by atoms with Crippen molar-refractivity contribution in [2.75, 3.05) is 0 Å². The molecular formula is C21H30O. The zero-order chi connectivity index (χ0) is 15.1. The Balaban J connectivity index is 1.56. The van der Waals surface area contributed by atoms with E-state index in [0.717, 1.165) is 24.2 Å². The summed E-state index contributed by atoms with van der Waals surface area (Å²) in [5.41, 5.74) is 4.43. The standard InChI is InChI=1S/C21H30O/c1-3-21-11-8-13-12-15(13)17(21)5-4-14-16-6-7-19(22)20(16,2)10-9-18(14)21/h13-14,16,18H,3-12H2,1-2H3/t13?,14-,16-,18-,20-,21-/m0/s1. The lowest BCUT2D eigenvalue weighted by Gasteiger charge is -2.58. The Bertz CT molecular complexity index is 572. The van der Waals surface area contributed by atoms with Crippen LogP contribution >= 0.6 is 0 Å².